The molecule has 0 spiro atoms. The number of benzene rings is 3. The Morgan fingerprint density at radius 1 is 0.929 bits per heavy atom. The fourth-order valence-electron chi connectivity index (χ4n) is 4.25. The van der Waals surface area contributed by atoms with Gasteiger partial charge in [0, 0.05) is 6.61 Å². The van der Waals surface area contributed by atoms with Gasteiger partial charge in [0.2, 0.25) is 0 Å². The highest BCUT2D eigenvalue weighted by molar-refractivity contribution is 5.84. The Bertz CT molecular complexity index is 938. The maximum absolute atomic E-state index is 12.5. The molecular weight excluding hydrogens is 350 g/mol. The SMILES string of the molecule is COC(=O)[C@H](CCO)NC1(c2ccccc2)c2ccccc2-c2ccccc21. The van der Waals surface area contributed by atoms with Crippen LogP contribution in [-0.4, -0.2) is 30.8 Å². The predicted molar refractivity (Wildman–Crippen MR) is 109 cm³/mol. The number of esters is 1. The summed E-state index contributed by atoms with van der Waals surface area (Å²) in [7, 11) is 1.38. The summed E-state index contributed by atoms with van der Waals surface area (Å²) in [5, 5.41) is 13.1. The fraction of sp³-hybridized carbons (Fsp3) is 0.208. The smallest absolute Gasteiger partial charge is 0.322 e. The molecule has 4 heteroatoms. The van der Waals surface area contributed by atoms with Gasteiger partial charge in [-0.1, -0.05) is 78.9 Å². The van der Waals surface area contributed by atoms with E-state index in [0.29, 0.717) is 0 Å². The van der Waals surface area contributed by atoms with Crippen LogP contribution < -0.4 is 5.32 Å². The van der Waals surface area contributed by atoms with Gasteiger partial charge in [-0.15, -0.1) is 0 Å². The van der Waals surface area contributed by atoms with Gasteiger partial charge in [-0.3, -0.25) is 10.1 Å². The summed E-state index contributed by atoms with van der Waals surface area (Å²) < 4.78 is 5.02. The van der Waals surface area contributed by atoms with Crippen molar-refractivity contribution in [1.82, 2.24) is 5.32 Å². The monoisotopic (exact) mass is 373 g/mol. The molecule has 0 bridgehead atoms. The third-order valence-corrected chi connectivity index (χ3v) is 5.45. The van der Waals surface area contributed by atoms with Gasteiger partial charge in [-0.05, 0) is 34.2 Å². The van der Waals surface area contributed by atoms with Crippen LogP contribution in [0.4, 0.5) is 0 Å². The number of methoxy groups -OCH3 is 1. The summed E-state index contributed by atoms with van der Waals surface area (Å²) >= 11 is 0. The molecule has 28 heavy (non-hydrogen) atoms. The maximum Gasteiger partial charge on any atom is 0.322 e. The Morgan fingerprint density at radius 2 is 1.46 bits per heavy atom. The highest BCUT2D eigenvalue weighted by atomic mass is 16.5. The first-order valence-corrected chi connectivity index (χ1v) is 9.43. The van der Waals surface area contributed by atoms with Crippen LogP contribution in [-0.2, 0) is 15.1 Å². The van der Waals surface area contributed by atoms with Gasteiger partial charge in [0.05, 0.1) is 12.6 Å². The zero-order chi connectivity index (χ0) is 19.6. The average Bonchev–Trinajstić information content (AvgIpc) is 3.05. The van der Waals surface area contributed by atoms with Crippen molar-refractivity contribution in [3.8, 4) is 11.1 Å². The van der Waals surface area contributed by atoms with Gasteiger partial charge in [-0.25, -0.2) is 0 Å². The molecule has 0 fully saturated rings. The molecule has 0 unspecified atom stereocenters. The summed E-state index contributed by atoms with van der Waals surface area (Å²) in [6, 6.07) is 26.0. The molecule has 0 aromatic heterocycles. The van der Waals surface area contributed by atoms with Crippen molar-refractivity contribution in [1.29, 1.82) is 0 Å². The molecule has 0 saturated heterocycles. The second-order valence-corrected chi connectivity index (χ2v) is 6.94. The standard InChI is InChI=1S/C24H23NO3/c1-28-23(27)22(15-16-26)25-24(17-9-3-2-4-10-17)20-13-7-5-11-18(20)19-12-6-8-14-21(19)24/h2-14,22,25-26H,15-16H2,1H3/t22-/m0/s1. The van der Waals surface area contributed by atoms with Crippen molar-refractivity contribution in [3.05, 3.63) is 95.6 Å². The second-order valence-electron chi connectivity index (χ2n) is 6.94. The lowest BCUT2D eigenvalue weighted by Crippen LogP contribution is -2.52. The Morgan fingerprint density at radius 3 is 2.00 bits per heavy atom. The lowest BCUT2D eigenvalue weighted by Gasteiger charge is -2.37. The van der Waals surface area contributed by atoms with Crippen molar-refractivity contribution in [2.75, 3.05) is 13.7 Å². The lowest BCUT2D eigenvalue weighted by molar-refractivity contribution is -0.144. The number of ether oxygens (including phenoxy) is 1. The summed E-state index contributed by atoms with van der Waals surface area (Å²) in [5.41, 5.74) is 4.80. The molecule has 3 aromatic carbocycles. The van der Waals surface area contributed by atoms with E-state index >= 15 is 0 Å². The van der Waals surface area contributed by atoms with Crippen molar-refractivity contribution in [2.45, 2.75) is 18.0 Å². The van der Waals surface area contributed by atoms with E-state index in [4.69, 9.17) is 4.74 Å². The first-order valence-electron chi connectivity index (χ1n) is 9.43. The molecule has 0 radical (unpaired) electrons. The van der Waals surface area contributed by atoms with Crippen LogP contribution in [0.1, 0.15) is 23.1 Å². The van der Waals surface area contributed by atoms with Crippen LogP contribution in [0.5, 0.6) is 0 Å². The molecule has 142 valence electrons. The van der Waals surface area contributed by atoms with Crippen LogP contribution in [0, 0.1) is 0 Å². The number of nitrogens with one attached hydrogen (secondary N) is 1. The molecule has 1 aliphatic rings. The molecule has 0 amide bonds. The van der Waals surface area contributed by atoms with Crippen molar-refractivity contribution >= 4 is 5.97 Å². The lowest BCUT2D eigenvalue weighted by atomic mass is 9.79. The topological polar surface area (TPSA) is 58.6 Å². The van der Waals surface area contributed by atoms with E-state index in [2.05, 4.69) is 41.7 Å². The Labute approximate surface area is 164 Å². The molecule has 4 nitrogen and oxygen atoms in total. The Kier molecular flexibility index (Phi) is 4.99. The number of aliphatic hydroxyl groups excluding tert-OH is 1. The van der Waals surface area contributed by atoms with E-state index < -0.39 is 11.6 Å². The first kappa shape index (κ1) is 18.4. The van der Waals surface area contributed by atoms with E-state index in [1.54, 1.807) is 0 Å². The molecule has 0 saturated carbocycles. The fourth-order valence-corrected chi connectivity index (χ4v) is 4.25. The van der Waals surface area contributed by atoms with Gasteiger partial charge in [0.15, 0.2) is 0 Å². The Hall–Kier alpha value is -2.95. The van der Waals surface area contributed by atoms with Gasteiger partial charge >= 0.3 is 5.97 Å². The van der Waals surface area contributed by atoms with Crippen LogP contribution in [0.15, 0.2) is 78.9 Å². The van der Waals surface area contributed by atoms with Gasteiger partial charge < -0.3 is 9.84 Å². The van der Waals surface area contributed by atoms with E-state index in [1.165, 1.54) is 7.11 Å². The highest BCUT2D eigenvalue weighted by Gasteiger charge is 2.46. The summed E-state index contributed by atoms with van der Waals surface area (Å²) in [4.78, 5) is 12.5. The van der Waals surface area contributed by atoms with Crippen molar-refractivity contribution < 1.29 is 14.6 Å². The Balaban J connectivity index is 1.99. The summed E-state index contributed by atoms with van der Waals surface area (Å²) in [6.07, 6.45) is 0.269. The van der Waals surface area contributed by atoms with E-state index in [9.17, 15) is 9.90 Å². The summed E-state index contributed by atoms with van der Waals surface area (Å²) in [6.45, 7) is -0.110. The average molecular weight is 373 g/mol. The normalized spacial score (nSPS) is 14.8. The largest absolute Gasteiger partial charge is 0.468 e. The number of aliphatic hydroxyl groups is 1. The first-order chi connectivity index (χ1) is 13.7. The van der Waals surface area contributed by atoms with E-state index in [0.717, 1.165) is 27.8 Å². The minimum Gasteiger partial charge on any atom is -0.468 e. The molecule has 2 N–H and O–H groups in total. The molecule has 3 aromatic rings. The van der Waals surface area contributed by atoms with Gasteiger partial charge in [0.25, 0.3) is 0 Å². The van der Waals surface area contributed by atoms with Crippen LogP contribution in [0.25, 0.3) is 11.1 Å². The highest BCUT2D eigenvalue weighted by Crippen LogP contribution is 2.51. The zero-order valence-corrected chi connectivity index (χ0v) is 15.8. The quantitative estimate of drug-likeness (QED) is 0.650. The predicted octanol–water partition coefficient (Wildman–Crippen LogP) is 3.47. The van der Waals surface area contributed by atoms with Crippen LogP contribution in [0.2, 0.25) is 0 Å². The van der Waals surface area contributed by atoms with Crippen LogP contribution >= 0.6 is 0 Å². The summed E-state index contributed by atoms with van der Waals surface area (Å²) in [5.74, 6) is -0.383. The van der Waals surface area contributed by atoms with Gasteiger partial charge in [-0.2, -0.15) is 0 Å². The van der Waals surface area contributed by atoms with Crippen LogP contribution in [0.3, 0.4) is 0 Å². The molecule has 1 aliphatic carbocycles. The minimum absolute atomic E-state index is 0.110. The zero-order valence-electron chi connectivity index (χ0n) is 15.8. The molecule has 0 aliphatic heterocycles. The van der Waals surface area contributed by atoms with Crippen molar-refractivity contribution in [3.63, 3.8) is 0 Å². The molecule has 1 atom stereocenters. The van der Waals surface area contributed by atoms with Crippen molar-refractivity contribution in [2.24, 2.45) is 0 Å². The number of rotatable bonds is 6. The second kappa shape index (κ2) is 7.58. The number of hydrogen-bond acceptors (Lipinski definition) is 4. The number of hydrogen-bond donors (Lipinski definition) is 2. The molecule has 0 heterocycles. The maximum atomic E-state index is 12.5. The molecular formula is C24H23NO3. The van der Waals surface area contributed by atoms with E-state index in [1.807, 2.05) is 42.5 Å². The number of carbonyl (C=O) groups is 1. The van der Waals surface area contributed by atoms with E-state index in [-0.39, 0.29) is 19.0 Å². The third-order valence-electron chi connectivity index (χ3n) is 5.45. The minimum atomic E-state index is -0.706. The third kappa shape index (κ3) is 2.82. The number of carbonyl (C=O) groups excluding carboxylic acids is 1. The molecule has 4 rings (SSSR count). The van der Waals surface area contributed by atoms with Gasteiger partial charge in [0.1, 0.15) is 6.04 Å². The number of fused-ring (bicyclic) bond motifs is 3.